The van der Waals surface area contributed by atoms with Crippen LogP contribution >= 0.6 is 0 Å². The Balaban J connectivity index is 1.67. The average molecular weight is 316 g/mol. The molecule has 1 aromatic carbocycles. The van der Waals surface area contributed by atoms with E-state index in [0.717, 1.165) is 17.3 Å². The van der Waals surface area contributed by atoms with Crippen molar-refractivity contribution in [1.29, 1.82) is 0 Å². The topological polar surface area (TPSA) is 87.3 Å². The molecule has 7 heteroatoms. The molecule has 1 saturated heterocycles. The normalized spacial score (nSPS) is 17.9. The second-order valence-electron chi connectivity index (χ2n) is 5.64. The Labute approximate surface area is 134 Å². The molecule has 1 fully saturated rings. The lowest BCUT2D eigenvalue weighted by molar-refractivity contribution is -0.126. The van der Waals surface area contributed by atoms with Crippen molar-refractivity contribution in [3.63, 3.8) is 0 Å². The van der Waals surface area contributed by atoms with Gasteiger partial charge < -0.3 is 10.1 Å². The van der Waals surface area contributed by atoms with Crippen LogP contribution < -0.4 is 10.2 Å². The van der Waals surface area contributed by atoms with E-state index in [2.05, 4.69) is 15.5 Å². The van der Waals surface area contributed by atoms with Crippen LogP contribution in [-0.4, -0.2) is 48.8 Å². The molecule has 2 heterocycles. The summed E-state index contributed by atoms with van der Waals surface area (Å²) in [4.78, 5) is 26.0. The summed E-state index contributed by atoms with van der Waals surface area (Å²) < 4.78 is 4.95. The van der Waals surface area contributed by atoms with Gasteiger partial charge in [0.25, 0.3) is 0 Å². The molecule has 0 saturated carbocycles. The molecule has 2 amide bonds. The number of nitrogens with zero attached hydrogens (tertiary/aromatic N) is 2. The molecular weight excluding hydrogens is 296 g/mol. The predicted molar refractivity (Wildman–Crippen MR) is 86.1 cm³/mol. The maximum absolute atomic E-state index is 12.3. The molecule has 0 radical (unpaired) electrons. The van der Waals surface area contributed by atoms with Gasteiger partial charge in [0.2, 0.25) is 11.8 Å². The predicted octanol–water partition coefficient (Wildman–Crippen LogP) is 1.07. The third kappa shape index (κ3) is 3.19. The van der Waals surface area contributed by atoms with Gasteiger partial charge in [-0.15, -0.1) is 0 Å². The van der Waals surface area contributed by atoms with E-state index in [1.165, 1.54) is 0 Å². The van der Waals surface area contributed by atoms with Gasteiger partial charge in [-0.25, -0.2) is 0 Å². The minimum absolute atomic E-state index is 0.0701. The molecule has 2 aromatic rings. The first-order chi connectivity index (χ1) is 11.2. The second-order valence-corrected chi connectivity index (χ2v) is 5.64. The van der Waals surface area contributed by atoms with Crippen LogP contribution in [0.1, 0.15) is 12.8 Å². The number of para-hydroxylation sites is 1. The SMILES string of the molecule is COCCCNC(=O)[C@@H]1CC(=O)N(c2n[nH]c3ccccc23)C1. The Morgan fingerprint density at radius 1 is 1.48 bits per heavy atom. The van der Waals surface area contributed by atoms with Gasteiger partial charge in [-0.1, -0.05) is 12.1 Å². The summed E-state index contributed by atoms with van der Waals surface area (Å²) in [5.74, 6) is 0.108. The number of carbonyl (C=O) groups is 2. The van der Waals surface area contributed by atoms with E-state index in [4.69, 9.17) is 4.74 Å². The summed E-state index contributed by atoms with van der Waals surface area (Å²) in [7, 11) is 1.63. The van der Waals surface area contributed by atoms with Gasteiger partial charge in [0.05, 0.1) is 11.4 Å². The van der Waals surface area contributed by atoms with Crippen molar-refractivity contribution in [2.45, 2.75) is 12.8 Å². The largest absolute Gasteiger partial charge is 0.385 e. The Morgan fingerprint density at radius 3 is 3.13 bits per heavy atom. The fraction of sp³-hybridized carbons (Fsp3) is 0.438. The van der Waals surface area contributed by atoms with Crippen LogP contribution in [0.5, 0.6) is 0 Å². The standard InChI is InChI=1S/C16H20N4O3/c1-23-8-4-7-17-16(22)11-9-14(21)20(10-11)15-12-5-2-3-6-13(12)18-19-15/h2-3,5-6,11H,4,7-10H2,1H3,(H,17,22)(H,18,19)/t11-/m1/s1. The number of hydrogen-bond donors (Lipinski definition) is 2. The molecule has 23 heavy (non-hydrogen) atoms. The maximum atomic E-state index is 12.3. The molecule has 7 nitrogen and oxygen atoms in total. The number of ether oxygens (including phenoxy) is 1. The maximum Gasteiger partial charge on any atom is 0.229 e. The zero-order chi connectivity index (χ0) is 16.2. The Bertz CT molecular complexity index is 712. The number of hydrogen-bond acceptors (Lipinski definition) is 4. The van der Waals surface area contributed by atoms with Crippen molar-refractivity contribution >= 4 is 28.5 Å². The molecule has 122 valence electrons. The van der Waals surface area contributed by atoms with Gasteiger partial charge in [0.15, 0.2) is 5.82 Å². The summed E-state index contributed by atoms with van der Waals surface area (Å²) in [6.07, 6.45) is 0.980. The first-order valence-electron chi connectivity index (χ1n) is 7.71. The number of aromatic nitrogens is 2. The first-order valence-corrected chi connectivity index (χ1v) is 7.71. The number of benzene rings is 1. The summed E-state index contributed by atoms with van der Waals surface area (Å²) in [5, 5.41) is 10.9. The first kappa shape index (κ1) is 15.5. The molecule has 0 spiro atoms. The van der Waals surface area contributed by atoms with E-state index in [1.54, 1.807) is 12.0 Å². The molecule has 0 bridgehead atoms. The minimum atomic E-state index is -0.333. The number of methoxy groups -OCH3 is 1. The highest BCUT2D eigenvalue weighted by molar-refractivity contribution is 6.05. The fourth-order valence-electron chi connectivity index (χ4n) is 2.82. The number of amides is 2. The van der Waals surface area contributed by atoms with Crippen molar-refractivity contribution in [2.75, 3.05) is 31.7 Å². The zero-order valence-corrected chi connectivity index (χ0v) is 13.0. The number of aromatic amines is 1. The summed E-state index contributed by atoms with van der Waals surface area (Å²) in [6.45, 7) is 1.53. The van der Waals surface area contributed by atoms with Crippen LogP contribution in [0.15, 0.2) is 24.3 Å². The molecule has 0 unspecified atom stereocenters. The van der Waals surface area contributed by atoms with Crippen molar-refractivity contribution in [3.8, 4) is 0 Å². The van der Waals surface area contributed by atoms with E-state index in [0.29, 0.717) is 25.5 Å². The Hall–Kier alpha value is -2.41. The molecule has 1 aromatic heterocycles. The van der Waals surface area contributed by atoms with Gasteiger partial charge in [-0.05, 0) is 18.6 Å². The second kappa shape index (κ2) is 6.78. The highest BCUT2D eigenvalue weighted by atomic mass is 16.5. The lowest BCUT2D eigenvalue weighted by Crippen LogP contribution is -2.34. The van der Waals surface area contributed by atoms with Crippen LogP contribution in [0.3, 0.4) is 0 Å². The van der Waals surface area contributed by atoms with Crippen LogP contribution in [0.25, 0.3) is 10.9 Å². The van der Waals surface area contributed by atoms with Gasteiger partial charge in [0, 0.05) is 38.6 Å². The van der Waals surface area contributed by atoms with E-state index in [-0.39, 0.29) is 24.2 Å². The summed E-state index contributed by atoms with van der Waals surface area (Å²) in [5.41, 5.74) is 0.878. The molecule has 1 atom stereocenters. The van der Waals surface area contributed by atoms with Crippen LogP contribution in [0.2, 0.25) is 0 Å². The minimum Gasteiger partial charge on any atom is -0.385 e. The van der Waals surface area contributed by atoms with Crippen molar-refractivity contribution in [1.82, 2.24) is 15.5 Å². The van der Waals surface area contributed by atoms with E-state index in [9.17, 15) is 9.59 Å². The van der Waals surface area contributed by atoms with Crippen LogP contribution in [0, 0.1) is 5.92 Å². The number of H-pyrrole nitrogens is 1. The molecule has 3 rings (SSSR count). The quantitative estimate of drug-likeness (QED) is 0.780. The fourth-order valence-corrected chi connectivity index (χ4v) is 2.82. The number of nitrogens with one attached hydrogen (secondary N) is 2. The highest BCUT2D eigenvalue weighted by Crippen LogP contribution is 2.29. The monoisotopic (exact) mass is 316 g/mol. The number of rotatable bonds is 6. The van der Waals surface area contributed by atoms with Crippen molar-refractivity contribution < 1.29 is 14.3 Å². The zero-order valence-electron chi connectivity index (χ0n) is 13.0. The molecular formula is C16H20N4O3. The Morgan fingerprint density at radius 2 is 2.30 bits per heavy atom. The summed E-state index contributed by atoms with van der Waals surface area (Å²) in [6, 6.07) is 7.64. The Kier molecular flexibility index (Phi) is 4.57. The van der Waals surface area contributed by atoms with Gasteiger partial charge >= 0.3 is 0 Å². The molecule has 1 aliphatic rings. The number of carbonyl (C=O) groups excluding carboxylic acids is 2. The van der Waals surface area contributed by atoms with Gasteiger partial charge in [0.1, 0.15) is 0 Å². The summed E-state index contributed by atoms with van der Waals surface area (Å²) >= 11 is 0. The molecule has 1 aliphatic heterocycles. The average Bonchev–Trinajstić information content (AvgIpc) is 3.14. The lowest BCUT2D eigenvalue weighted by atomic mass is 10.1. The van der Waals surface area contributed by atoms with Crippen molar-refractivity contribution in [3.05, 3.63) is 24.3 Å². The highest BCUT2D eigenvalue weighted by Gasteiger charge is 2.36. The molecule has 2 N–H and O–H groups in total. The number of anilines is 1. The van der Waals surface area contributed by atoms with Crippen LogP contribution in [0.4, 0.5) is 5.82 Å². The van der Waals surface area contributed by atoms with E-state index >= 15 is 0 Å². The van der Waals surface area contributed by atoms with E-state index < -0.39 is 0 Å². The number of fused-ring (bicyclic) bond motifs is 1. The van der Waals surface area contributed by atoms with Crippen molar-refractivity contribution in [2.24, 2.45) is 5.92 Å². The third-order valence-corrected chi connectivity index (χ3v) is 4.03. The van der Waals surface area contributed by atoms with E-state index in [1.807, 2.05) is 24.3 Å². The third-order valence-electron chi connectivity index (χ3n) is 4.03. The lowest BCUT2D eigenvalue weighted by Gasteiger charge is -2.14. The smallest absolute Gasteiger partial charge is 0.229 e. The van der Waals surface area contributed by atoms with Crippen LogP contribution in [-0.2, 0) is 14.3 Å². The molecule has 0 aliphatic carbocycles. The van der Waals surface area contributed by atoms with Gasteiger partial charge in [-0.3, -0.25) is 19.6 Å². The van der Waals surface area contributed by atoms with Gasteiger partial charge in [-0.2, -0.15) is 5.10 Å².